The lowest BCUT2D eigenvalue weighted by Gasteiger charge is -2.22. The summed E-state index contributed by atoms with van der Waals surface area (Å²) in [5, 5.41) is 4.81. The van der Waals surface area contributed by atoms with Crippen molar-refractivity contribution in [2.45, 2.75) is 13.8 Å². The van der Waals surface area contributed by atoms with Crippen LogP contribution in [0.4, 0.5) is 5.69 Å². The first-order valence-corrected chi connectivity index (χ1v) is 5.84. The number of halogens is 1. The van der Waals surface area contributed by atoms with E-state index in [1.807, 2.05) is 12.1 Å². The van der Waals surface area contributed by atoms with E-state index in [-0.39, 0.29) is 0 Å². The number of hydrogen-bond acceptors (Lipinski definition) is 3. The Labute approximate surface area is 97.2 Å². The first kappa shape index (κ1) is 10.5. The third-order valence-corrected chi connectivity index (χ3v) is 3.16. The Bertz CT molecular complexity index is 463. The molecule has 0 atom stereocenters. The van der Waals surface area contributed by atoms with Crippen LogP contribution in [0.25, 0.3) is 11.0 Å². The molecule has 2 aromatic rings. The molecule has 1 aromatic heterocycles. The predicted molar refractivity (Wildman–Crippen MR) is 65.3 cm³/mol. The molecule has 0 saturated heterocycles. The van der Waals surface area contributed by atoms with Crippen molar-refractivity contribution in [1.29, 1.82) is 0 Å². The Hall–Kier alpha value is -1.03. The summed E-state index contributed by atoms with van der Waals surface area (Å²) in [4.78, 5) is 2.27. The highest BCUT2D eigenvalue weighted by atomic mass is 79.9. The van der Waals surface area contributed by atoms with E-state index in [0.29, 0.717) is 0 Å². The van der Waals surface area contributed by atoms with Crippen LogP contribution in [0.3, 0.4) is 0 Å². The molecule has 0 saturated carbocycles. The number of fused-ring (bicyclic) bond motifs is 1. The van der Waals surface area contributed by atoms with Gasteiger partial charge in [-0.15, -0.1) is 0 Å². The SMILES string of the molecule is CCN(CC)c1cc2oncc2cc1Br. The maximum atomic E-state index is 5.16. The summed E-state index contributed by atoms with van der Waals surface area (Å²) in [7, 11) is 0. The van der Waals surface area contributed by atoms with Crippen molar-refractivity contribution in [2.75, 3.05) is 18.0 Å². The minimum atomic E-state index is 0.833. The summed E-state index contributed by atoms with van der Waals surface area (Å²) in [6.07, 6.45) is 1.73. The first-order chi connectivity index (χ1) is 7.26. The summed E-state index contributed by atoms with van der Waals surface area (Å²) in [6, 6.07) is 4.07. The van der Waals surface area contributed by atoms with E-state index in [9.17, 15) is 0 Å². The molecule has 0 bridgehead atoms. The van der Waals surface area contributed by atoms with Crippen molar-refractivity contribution in [3.05, 3.63) is 22.8 Å². The van der Waals surface area contributed by atoms with Gasteiger partial charge >= 0.3 is 0 Å². The first-order valence-electron chi connectivity index (χ1n) is 5.05. The Morgan fingerprint density at radius 3 is 2.73 bits per heavy atom. The van der Waals surface area contributed by atoms with E-state index in [0.717, 1.165) is 34.2 Å². The fourth-order valence-corrected chi connectivity index (χ4v) is 2.30. The van der Waals surface area contributed by atoms with Crippen molar-refractivity contribution in [2.24, 2.45) is 0 Å². The molecule has 4 heteroatoms. The van der Waals surface area contributed by atoms with Crippen molar-refractivity contribution >= 4 is 32.6 Å². The lowest BCUT2D eigenvalue weighted by molar-refractivity contribution is 0.456. The maximum Gasteiger partial charge on any atom is 0.168 e. The summed E-state index contributed by atoms with van der Waals surface area (Å²) < 4.78 is 6.24. The smallest absolute Gasteiger partial charge is 0.168 e. The molecule has 15 heavy (non-hydrogen) atoms. The lowest BCUT2D eigenvalue weighted by atomic mass is 10.2. The molecule has 0 N–H and O–H groups in total. The molecule has 0 radical (unpaired) electrons. The fraction of sp³-hybridized carbons (Fsp3) is 0.364. The van der Waals surface area contributed by atoms with Crippen LogP contribution in [-0.4, -0.2) is 18.2 Å². The standard InChI is InChI=1S/C11H13BrN2O/c1-3-14(4-2)10-6-11-8(5-9(10)12)7-13-15-11/h5-7H,3-4H2,1-2H3. The van der Waals surface area contributed by atoms with E-state index in [1.165, 1.54) is 0 Å². The molecule has 1 heterocycles. The van der Waals surface area contributed by atoms with Crippen molar-refractivity contribution < 1.29 is 4.52 Å². The third kappa shape index (κ3) is 1.86. The number of nitrogens with zero attached hydrogens (tertiary/aromatic N) is 2. The van der Waals surface area contributed by atoms with E-state index in [1.54, 1.807) is 6.20 Å². The van der Waals surface area contributed by atoms with Crippen LogP contribution >= 0.6 is 15.9 Å². The number of hydrogen-bond donors (Lipinski definition) is 0. The molecule has 1 aromatic carbocycles. The minimum Gasteiger partial charge on any atom is -0.371 e. The van der Waals surface area contributed by atoms with Crippen LogP contribution in [0, 0.1) is 0 Å². The number of anilines is 1. The fourth-order valence-electron chi connectivity index (χ4n) is 1.68. The molecular weight excluding hydrogens is 256 g/mol. The zero-order chi connectivity index (χ0) is 10.8. The normalized spacial score (nSPS) is 10.9. The highest BCUT2D eigenvalue weighted by molar-refractivity contribution is 9.10. The average molecular weight is 269 g/mol. The van der Waals surface area contributed by atoms with Crippen LogP contribution in [0.2, 0.25) is 0 Å². The molecule has 2 rings (SSSR count). The van der Waals surface area contributed by atoms with E-state index < -0.39 is 0 Å². The maximum absolute atomic E-state index is 5.16. The molecule has 0 unspecified atom stereocenters. The Morgan fingerprint density at radius 2 is 2.07 bits per heavy atom. The van der Waals surface area contributed by atoms with Crippen LogP contribution < -0.4 is 4.90 Å². The third-order valence-electron chi connectivity index (χ3n) is 2.53. The van der Waals surface area contributed by atoms with Crippen LogP contribution in [-0.2, 0) is 0 Å². The molecular formula is C11H13BrN2O. The van der Waals surface area contributed by atoms with Gasteiger partial charge in [0.05, 0.1) is 11.9 Å². The summed E-state index contributed by atoms with van der Waals surface area (Å²) in [6.45, 7) is 6.24. The Morgan fingerprint density at radius 1 is 1.33 bits per heavy atom. The molecule has 0 aliphatic carbocycles. The highest BCUT2D eigenvalue weighted by Gasteiger charge is 2.10. The van der Waals surface area contributed by atoms with Gasteiger partial charge in [0.15, 0.2) is 5.58 Å². The van der Waals surface area contributed by atoms with Gasteiger partial charge in [0, 0.05) is 29.0 Å². The number of rotatable bonds is 3. The molecule has 0 aliphatic heterocycles. The quantitative estimate of drug-likeness (QED) is 0.854. The van der Waals surface area contributed by atoms with Crippen LogP contribution in [0.1, 0.15) is 13.8 Å². The van der Waals surface area contributed by atoms with Gasteiger partial charge in [-0.1, -0.05) is 5.16 Å². The Balaban J connectivity index is 2.53. The molecule has 80 valence electrons. The average Bonchev–Trinajstić information content (AvgIpc) is 2.67. The van der Waals surface area contributed by atoms with Gasteiger partial charge in [-0.25, -0.2) is 0 Å². The lowest BCUT2D eigenvalue weighted by Crippen LogP contribution is -2.22. The van der Waals surface area contributed by atoms with Gasteiger partial charge in [0.1, 0.15) is 0 Å². The van der Waals surface area contributed by atoms with Crippen molar-refractivity contribution in [3.8, 4) is 0 Å². The molecule has 0 amide bonds. The Kier molecular flexibility index (Phi) is 2.95. The molecule has 0 aliphatic rings. The van der Waals surface area contributed by atoms with Crippen LogP contribution in [0.15, 0.2) is 27.3 Å². The minimum absolute atomic E-state index is 0.833. The van der Waals surface area contributed by atoms with Crippen molar-refractivity contribution in [1.82, 2.24) is 5.16 Å². The highest BCUT2D eigenvalue weighted by Crippen LogP contribution is 2.31. The van der Waals surface area contributed by atoms with E-state index >= 15 is 0 Å². The second-order valence-electron chi connectivity index (χ2n) is 3.34. The van der Waals surface area contributed by atoms with Gasteiger partial charge in [0.25, 0.3) is 0 Å². The van der Waals surface area contributed by atoms with Crippen molar-refractivity contribution in [3.63, 3.8) is 0 Å². The summed E-state index contributed by atoms with van der Waals surface area (Å²) >= 11 is 3.57. The summed E-state index contributed by atoms with van der Waals surface area (Å²) in [5.74, 6) is 0. The second-order valence-corrected chi connectivity index (χ2v) is 4.19. The number of aromatic nitrogens is 1. The monoisotopic (exact) mass is 268 g/mol. The molecule has 0 spiro atoms. The van der Waals surface area contributed by atoms with Gasteiger partial charge in [-0.3, -0.25) is 0 Å². The van der Waals surface area contributed by atoms with Gasteiger partial charge in [-0.05, 0) is 35.8 Å². The zero-order valence-corrected chi connectivity index (χ0v) is 10.4. The molecule has 0 fully saturated rings. The second kappa shape index (κ2) is 4.23. The van der Waals surface area contributed by atoms with E-state index in [4.69, 9.17) is 4.52 Å². The van der Waals surface area contributed by atoms with E-state index in [2.05, 4.69) is 39.8 Å². The van der Waals surface area contributed by atoms with Crippen LogP contribution in [0.5, 0.6) is 0 Å². The van der Waals surface area contributed by atoms with Gasteiger partial charge < -0.3 is 9.42 Å². The predicted octanol–water partition coefficient (Wildman–Crippen LogP) is 3.44. The number of benzene rings is 1. The zero-order valence-electron chi connectivity index (χ0n) is 8.83. The topological polar surface area (TPSA) is 29.3 Å². The summed E-state index contributed by atoms with van der Waals surface area (Å²) in [5.41, 5.74) is 1.99. The van der Waals surface area contributed by atoms with Gasteiger partial charge in [-0.2, -0.15) is 0 Å². The largest absolute Gasteiger partial charge is 0.371 e. The molecule has 3 nitrogen and oxygen atoms in total. The van der Waals surface area contributed by atoms with Gasteiger partial charge in [0.2, 0.25) is 0 Å².